The van der Waals surface area contributed by atoms with Gasteiger partial charge in [0.05, 0.1) is 23.6 Å². The third kappa shape index (κ3) is 6.68. The van der Waals surface area contributed by atoms with E-state index in [1.807, 2.05) is 19.3 Å². The smallest absolute Gasteiger partial charge is 0.475 e. The number of likely N-dealkylation sites (tertiary alicyclic amines) is 1. The van der Waals surface area contributed by atoms with E-state index in [0.29, 0.717) is 23.3 Å². The minimum atomic E-state index is -5.08. The van der Waals surface area contributed by atoms with Gasteiger partial charge in [-0.3, -0.25) is 14.7 Å². The van der Waals surface area contributed by atoms with Crippen LogP contribution in [0.15, 0.2) is 48.8 Å². The first kappa shape index (κ1) is 33.7. The van der Waals surface area contributed by atoms with Crippen LogP contribution in [0.2, 0.25) is 0 Å². The number of hydrogen-bond donors (Lipinski definition) is 4. The minimum absolute atomic E-state index is 0.286. The van der Waals surface area contributed by atoms with Gasteiger partial charge in [-0.2, -0.15) is 13.2 Å². The molecule has 1 aliphatic carbocycles. The molecule has 8 rings (SSSR count). The average molecular weight is 696 g/mol. The summed E-state index contributed by atoms with van der Waals surface area (Å²) in [6.45, 7) is 6.38. The van der Waals surface area contributed by atoms with Crippen molar-refractivity contribution in [3.8, 4) is 11.3 Å². The van der Waals surface area contributed by atoms with E-state index >= 15 is 0 Å². The molecule has 3 aromatic heterocycles. The number of alkyl halides is 4. The summed E-state index contributed by atoms with van der Waals surface area (Å²) in [5, 5.41) is 21.4. The molecule has 2 atom stereocenters. The highest BCUT2D eigenvalue weighted by molar-refractivity contribution is 5.94. The Morgan fingerprint density at radius 2 is 1.84 bits per heavy atom. The number of nitrogens with zero attached hydrogens (tertiary/aromatic N) is 6. The lowest BCUT2D eigenvalue weighted by molar-refractivity contribution is -0.192. The molecule has 264 valence electrons. The SMILES string of the molecule is CNc1cc(N2CCc3c(-c4ccc(CN5CC6(CCNCC6)C5)cn4)cccc32)nn2c(C(=O)N[C@@H]3C[C@@H]3F)cnc12.O=C(O)C(F)(F)F. The Balaban J connectivity index is 0.000000510. The van der Waals surface area contributed by atoms with Gasteiger partial charge in [-0.15, -0.1) is 5.10 Å². The number of nitrogens with one attached hydrogen (secondary N) is 3. The number of carbonyl (C=O) groups excluding carboxylic acids is 1. The number of amides is 1. The number of carboxylic acids is 1. The fraction of sp³-hybridized carbons (Fsp3) is 0.441. The number of rotatable bonds is 7. The molecule has 4 N–H and O–H groups in total. The molecule has 16 heteroatoms. The van der Waals surface area contributed by atoms with Crippen molar-refractivity contribution in [3.05, 3.63) is 65.6 Å². The third-order valence-electron chi connectivity index (χ3n) is 9.82. The van der Waals surface area contributed by atoms with E-state index < -0.39 is 24.4 Å². The predicted octanol–water partition coefficient (Wildman–Crippen LogP) is 4.19. The van der Waals surface area contributed by atoms with Gasteiger partial charge >= 0.3 is 12.1 Å². The van der Waals surface area contributed by atoms with E-state index in [2.05, 4.69) is 61.1 Å². The Morgan fingerprint density at radius 3 is 2.48 bits per heavy atom. The molecular weight excluding hydrogens is 658 g/mol. The molecule has 0 unspecified atom stereocenters. The summed E-state index contributed by atoms with van der Waals surface area (Å²) in [4.78, 5) is 35.8. The summed E-state index contributed by atoms with van der Waals surface area (Å²) < 4.78 is 46.7. The summed E-state index contributed by atoms with van der Waals surface area (Å²) in [6, 6.07) is 12.2. The van der Waals surface area contributed by atoms with E-state index in [0.717, 1.165) is 55.2 Å². The second-order valence-corrected chi connectivity index (χ2v) is 13.3. The summed E-state index contributed by atoms with van der Waals surface area (Å²) in [6.07, 6.45) is 1.24. The summed E-state index contributed by atoms with van der Waals surface area (Å²) >= 11 is 0. The van der Waals surface area contributed by atoms with Gasteiger partial charge in [0.2, 0.25) is 0 Å². The molecule has 50 heavy (non-hydrogen) atoms. The molecule has 2 saturated heterocycles. The van der Waals surface area contributed by atoms with Gasteiger partial charge in [0.25, 0.3) is 5.91 Å². The van der Waals surface area contributed by atoms with E-state index in [4.69, 9.17) is 20.0 Å². The van der Waals surface area contributed by atoms with Crippen LogP contribution >= 0.6 is 0 Å². The normalized spacial score (nSPS) is 20.9. The molecule has 1 spiro atoms. The quantitative estimate of drug-likeness (QED) is 0.208. The lowest BCUT2D eigenvalue weighted by Crippen LogP contribution is -2.59. The van der Waals surface area contributed by atoms with E-state index in [1.54, 1.807) is 4.52 Å². The molecule has 4 aromatic rings. The zero-order valence-corrected chi connectivity index (χ0v) is 27.3. The van der Waals surface area contributed by atoms with Gasteiger partial charge in [-0.25, -0.2) is 18.7 Å². The van der Waals surface area contributed by atoms with E-state index in [1.165, 1.54) is 43.3 Å². The van der Waals surface area contributed by atoms with Crippen LogP contribution in [0.25, 0.3) is 16.9 Å². The number of anilines is 3. The van der Waals surface area contributed by atoms with Crippen LogP contribution in [-0.2, 0) is 17.8 Å². The number of piperidine rings is 1. The maximum atomic E-state index is 13.4. The number of aromatic nitrogens is 4. The first-order chi connectivity index (χ1) is 23.9. The number of halogens is 4. The average Bonchev–Trinajstić information content (AvgIpc) is 3.43. The maximum absolute atomic E-state index is 13.4. The molecule has 3 fully saturated rings. The van der Waals surface area contributed by atoms with Crippen LogP contribution in [0.1, 0.15) is 40.9 Å². The highest BCUT2D eigenvalue weighted by Crippen LogP contribution is 2.41. The topological polar surface area (TPSA) is 140 Å². The second kappa shape index (κ2) is 13.1. The molecule has 3 aliphatic heterocycles. The number of fused-ring (bicyclic) bond motifs is 2. The number of benzene rings is 1. The first-order valence-corrected chi connectivity index (χ1v) is 16.5. The molecule has 1 amide bonds. The highest BCUT2D eigenvalue weighted by atomic mass is 19.4. The van der Waals surface area contributed by atoms with Crippen molar-refractivity contribution >= 4 is 34.7 Å². The van der Waals surface area contributed by atoms with Crippen molar-refractivity contribution in [2.24, 2.45) is 5.41 Å². The number of aliphatic carboxylic acids is 1. The van der Waals surface area contributed by atoms with Crippen molar-refractivity contribution in [2.75, 3.05) is 50.0 Å². The zero-order valence-electron chi connectivity index (χ0n) is 27.3. The van der Waals surface area contributed by atoms with Gasteiger partial charge in [0, 0.05) is 63.2 Å². The van der Waals surface area contributed by atoms with Crippen molar-refractivity contribution < 1.29 is 32.3 Å². The lowest BCUT2D eigenvalue weighted by atomic mass is 9.72. The largest absolute Gasteiger partial charge is 0.490 e. The van der Waals surface area contributed by atoms with Crippen LogP contribution in [0.3, 0.4) is 0 Å². The Kier molecular flexibility index (Phi) is 8.84. The molecule has 1 aromatic carbocycles. The van der Waals surface area contributed by atoms with Crippen molar-refractivity contribution in [3.63, 3.8) is 0 Å². The van der Waals surface area contributed by atoms with Gasteiger partial charge < -0.3 is 26.0 Å². The highest BCUT2D eigenvalue weighted by Gasteiger charge is 2.43. The molecule has 12 nitrogen and oxygen atoms in total. The monoisotopic (exact) mass is 695 g/mol. The summed E-state index contributed by atoms with van der Waals surface area (Å²) in [7, 11) is 1.82. The Labute approximate surface area is 284 Å². The lowest BCUT2D eigenvalue weighted by Gasteiger charge is -2.52. The number of imidazole rings is 1. The fourth-order valence-electron chi connectivity index (χ4n) is 7.12. The van der Waals surface area contributed by atoms with Crippen LogP contribution in [0.4, 0.5) is 34.8 Å². The number of pyridine rings is 1. The van der Waals surface area contributed by atoms with E-state index in [-0.39, 0.29) is 11.6 Å². The van der Waals surface area contributed by atoms with Crippen LogP contribution in [-0.4, -0.2) is 99.6 Å². The Hall–Kier alpha value is -4.83. The number of carbonyl (C=O) groups is 2. The van der Waals surface area contributed by atoms with Gasteiger partial charge in [0.1, 0.15) is 6.17 Å². The summed E-state index contributed by atoms with van der Waals surface area (Å²) in [5.41, 5.74) is 7.79. The van der Waals surface area contributed by atoms with Crippen molar-refractivity contribution in [1.82, 2.24) is 35.1 Å². The van der Waals surface area contributed by atoms with Gasteiger partial charge in [-0.1, -0.05) is 18.2 Å². The molecule has 0 radical (unpaired) electrons. The molecule has 4 aliphatic rings. The fourth-order valence-corrected chi connectivity index (χ4v) is 7.12. The molecule has 0 bridgehead atoms. The number of hydrogen-bond acceptors (Lipinski definition) is 9. The predicted molar refractivity (Wildman–Crippen MR) is 177 cm³/mol. The molecule has 6 heterocycles. The first-order valence-electron chi connectivity index (χ1n) is 16.5. The van der Waals surface area contributed by atoms with Crippen LogP contribution in [0.5, 0.6) is 0 Å². The Morgan fingerprint density at radius 1 is 1.10 bits per heavy atom. The van der Waals surface area contributed by atoms with E-state index in [9.17, 15) is 22.4 Å². The molecular formula is C34H37F4N9O3. The van der Waals surface area contributed by atoms with Crippen molar-refractivity contribution in [1.29, 1.82) is 0 Å². The molecule has 1 saturated carbocycles. The summed E-state index contributed by atoms with van der Waals surface area (Å²) in [5.74, 6) is -2.42. The second-order valence-electron chi connectivity index (χ2n) is 13.3. The van der Waals surface area contributed by atoms with Gasteiger partial charge in [0.15, 0.2) is 17.2 Å². The minimum Gasteiger partial charge on any atom is -0.475 e. The Bertz CT molecular complexity index is 1900. The van der Waals surface area contributed by atoms with Crippen LogP contribution < -0.4 is 20.9 Å². The third-order valence-corrected chi connectivity index (χ3v) is 9.82. The number of carboxylic acid groups (broad SMARTS) is 1. The van der Waals surface area contributed by atoms with Crippen molar-refractivity contribution in [2.45, 2.75) is 50.6 Å². The maximum Gasteiger partial charge on any atom is 0.490 e. The standard InChI is InChI=1S/C32H36FN9O.C2HF3O2/c1-34-26-14-29(39-42-28(16-37-30(26)42)31(43)38-25-13-23(25)33)41-12-7-22-21(3-2-4-27(22)41)24-6-5-20(15-36-24)17-40-18-32(19-40)8-10-35-11-9-32;3-2(4,5)1(6)7/h2-6,14-16,23,25,34-35H,7-13,17-19H2,1H3,(H,38,43);(H,6,7)/t23-,25+;/m0./s1. The van der Waals surface area contributed by atoms with Gasteiger partial charge in [-0.05, 0) is 61.0 Å². The zero-order chi connectivity index (χ0) is 35.2. The van der Waals surface area contributed by atoms with Crippen LogP contribution in [0, 0.1) is 5.41 Å².